The van der Waals surface area contributed by atoms with Gasteiger partial charge < -0.3 is 4.74 Å². The van der Waals surface area contributed by atoms with Crippen molar-refractivity contribution in [3.63, 3.8) is 0 Å². The molecule has 82 valence electrons. The van der Waals surface area contributed by atoms with Crippen molar-refractivity contribution in [1.29, 1.82) is 0 Å². The normalized spacial score (nSPS) is 10.9. The Balaban J connectivity index is 2.59. The van der Waals surface area contributed by atoms with Crippen LogP contribution in [0.3, 0.4) is 0 Å². The highest BCUT2D eigenvalue weighted by Crippen LogP contribution is 2.09. The van der Waals surface area contributed by atoms with E-state index in [1.165, 1.54) is 18.2 Å². The number of rotatable bonds is 1. The average Bonchev–Trinajstić information content (AvgIpc) is 1.99. The largest absolute Gasteiger partial charge is 0.444 e. The minimum Gasteiger partial charge on any atom is -0.444 e. The first-order valence-corrected chi connectivity index (χ1v) is 4.49. The summed E-state index contributed by atoms with van der Waals surface area (Å²) in [7, 11) is 0. The molecular formula is C10H13FN2O2. The van der Waals surface area contributed by atoms with E-state index in [0.717, 1.165) is 0 Å². The Kier molecular flexibility index (Phi) is 3.24. The van der Waals surface area contributed by atoms with Crippen LogP contribution in [-0.4, -0.2) is 16.7 Å². The zero-order valence-corrected chi connectivity index (χ0v) is 8.87. The number of hydrogen-bond donors (Lipinski definition) is 1. The molecule has 1 amide bonds. The summed E-state index contributed by atoms with van der Waals surface area (Å²) in [5, 5.41) is 2.33. The molecular weight excluding hydrogens is 199 g/mol. The van der Waals surface area contributed by atoms with Gasteiger partial charge in [0.1, 0.15) is 11.4 Å². The predicted molar refractivity (Wildman–Crippen MR) is 54.1 cm³/mol. The van der Waals surface area contributed by atoms with E-state index in [2.05, 4.69) is 10.3 Å². The fourth-order valence-electron chi connectivity index (χ4n) is 0.886. The van der Waals surface area contributed by atoms with Crippen molar-refractivity contribution < 1.29 is 13.9 Å². The second-order valence-corrected chi connectivity index (χ2v) is 3.97. The molecule has 0 saturated heterocycles. The minimum atomic E-state index is -0.652. The molecule has 15 heavy (non-hydrogen) atoms. The molecule has 0 radical (unpaired) electrons. The van der Waals surface area contributed by atoms with Gasteiger partial charge in [0.05, 0.1) is 0 Å². The van der Waals surface area contributed by atoms with Crippen LogP contribution < -0.4 is 5.32 Å². The van der Waals surface area contributed by atoms with E-state index in [0.29, 0.717) is 0 Å². The second kappa shape index (κ2) is 4.25. The first-order valence-electron chi connectivity index (χ1n) is 4.49. The quantitative estimate of drug-likeness (QED) is 0.728. The predicted octanol–water partition coefficient (Wildman–Crippen LogP) is 2.57. The fraction of sp³-hybridized carbons (Fsp3) is 0.400. The first kappa shape index (κ1) is 11.4. The van der Waals surface area contributed by atoms with Crippen LogP contribution in [0.2, 0.25) is 0 Å². The molecule has 0 aromatic carbocycles. The molecule has 0 aliphatic heterocycles. The highest BCUT2D eigenvalue weighted by Gasteiger charge is 2.16. The first-order chi connectivity index (χ1) is 6.87. The summed E-state index contributed by atoms with van der Waals surface area (Å²) in [4.78, 5) is 14.7. The number of anilines is 1. The number of halogens is 1. The minimum absolute atomic E-state index is 0.129. The van der Waals surface area contributed by atoms with E-state index < -0.39 is 17.6 Å². The van der Waals surface area contributed by atoms with E-state index in [1.807, 2.05) is 0 Å². The summed E-state index contributed by atoms with van der Waals surface area (Å²) in [6, 6.07) is 4.13. The lowest BCUT2D eigenvalue weighted by atomic mass is 10.2. The summed E-state index contributed by atoms with van der Waals surface area (Å²) in [6.45, 7) is 5.22. The van der Waals surface area contributed by atoms with Crippen molar-refractivity contribution in [2.24, 2.45) is 0 Å². The average molecular weight is 212 g/mol. The van der Waals surface area contributed by atoms with E-state index in [9.17, 15) is 9.18 Å². The van der Waals surface area contributed by atoms with Gasteiger partial charge in [-0.1, -0.05) is 6.07 Å². The number of ether oxygens (including phenoxy) is 1. The number of aromatic nitrogens is 1. The topological polar surface area (TPSA) is 51.2 Å². The molecule has 1 aromatic heterocycles. The molecule has 1 N–H and O–H groups in total. The van der Waals surface area contributed by atoms with Gasteiger partial charge in [0.15, 0.2) is 0 Å². The molecule has 1 aromatic rings. The standard InChI is InChI=1S/C10H13FN2O2/c1-10(2,3)15-9(14)13-8-6-4-5-7(11)12-8/h4-6H,1-3H3,(H,12,13,14). The number of hydrogen-bond acceptors (Lipinski definition) is 3. The van der Waals surface area contributed by atoms with Gasteiger partial charge >= 0.3 is 6.09 Å². The van der Waals surface area contributed by atoms with E-state index in [4.69, 9.17) is 4.74 Å². The maximum atomic E-state index is 12.7. The smallest absolute Gasteiger partial charge is 0.413 e. The molecule has 5 heteroatoms. The van der Waals surface area contributed by atoms with Gasteiger partial charge in [-0.3, -0.25) is 5.32 Å². The van der Waals surface area contributed by atoms with Crippen molar-refractivity contribution in [2.75, 3.05) is 5.32 Å². The van der Waals surface area contributed by atoms with Crippen molar-refractivity contribution in [2.45, 2.75) is 26.4 Å². The van der Waals surface area contributed by atoms with E-state index in [1.54, 1.807) is 20.8 Å². The Hall–Kier alpha value is -1.65. The van der Waals surface area contributed by atoms with Crippen LogP contribution in [0.15, 0.2) is 18.2 Å². The summed E-state index contributed by atoms with van der Waals surface area (Å²) < 4.78 is 17.6. The van der Waals surface area contributed by atoms with Gasteiger partial charge in [-0.25, -0.2) is 9.78 Å². The molecule has 0 atom stereocenters. The number of carbonyl (C=O) groups is 1. The summed E-state index contributed by atoms with van der Waals surface area (Å²) in [5.41, 5.74) is -0.586. The van der Waals surface area contributed by atoms with Gasteiger partial charge in [-0.15, -0.1) is 0 Å². The molecule has 0 fully saturated rings. The molecule has 0 aliphatic rings. The number of carbonyl (C=O) groups excluding carboxylic acids is 1. The van der Waals surface area contributed by atoms with Crippen LogP contribution in [0.5, 0.6) is 0 Å². The zero-order valence-electron chi connectivity index (χ0n) is 8.87. The Morgan fingerprint density at radius 1 is 1.47 bits per heavy atom. The third kappa shape index (κ3) is 4.39. The molecule has 4 nitrogen and oxygen atoms in total. The summed E-state index contributed by atoms with van der Waals surface area (Å²) >= 11 is 0. The van der Waals surface area contributed by atoms with Crippen LogP contribution in [0.25, 0.3) is 0 Å². The van der Waals surface area contributed by atoms with Gasteiger partial charge in [-0.05, 0) is 32.9 Å². The Bertz CT molecular complexity index is 361. The Morgan fingerprint density at radius 3 is 2.67 bits per heavy atom. The van der Waals surface area contributed by atoms with Crippen LogP contribution >= 0.6 is 0 Å². The highest BCUT2D eigenvalue weighted by atomic mass is 19.1. The fourth-order valence-corrected chi connectivity index (χ4v) is 0.886. The molecule has 0 bridgehead atoms. The highest BCUT2D eigenvalue weighted by molar-refractivity contribution is 5.83. The van der Waals surface area contributed by atoms with Crippen LogP contribution in [0.1, 0.15) is 20.8 Å². The van der Waals surface area contributed by atoms with Crippen molar-refractivity contribution in [3.05, 3.63) is 24.1 Å². The molecule has 1 heterocycles. The third-order valence-corrected chi connectivity index (χ3v) is 1.34. The lowest BCUT2D eigenvalue weighted by Crippen LogP contribution is -2.27. The lowest BCUT2D eigenvalue weighted by Gasteiger charge is -2.19. The Morgan fingerprint density at radius 2 is 2.13 bits per heavy atom. The van der Waals surface area contributed by atoms with Crippen LogP contribution in [0, 0.1) is 5.95 Å². The van der Waals surface area contributed by atoms with Crippen LogP contribution in [0.4, 0.5) is 15.0 Å². The van der Waals surface area contributed by atoms with Gasteiger partial charge in [-0.2, -0.15) is 4.39 Å². The van der Waals surface area contributed by atoms with Gasteiger partial charge in [0, 0.05) is 0 Å². The van der Waals surface area contributed by atoms with Gasteiger partial charge in [0.25, 0.3) is 0 Å². The number of nitrogens with one attached hydrogen (secondary N) is 1. The van der Waals surface area contributed by atoms with E-state index in [-0.39, 0.29) is 5.82 Å². The SMILES string of the molecule is CC(C)(C)OC(=O)Nc1cccc(F)n1. The molecule has 0 spiro atoms. The third-order valence-electron chi connectivity index (χ3n) is 1.34. The number of nitrogens with zero attached hydrogens (tertiary/aromatic N) is 1. The number of amides is 1. The maximum absolute atomic E-state index is 12.7. The molecule has 0 unspecified atom stereocenters. The van der Waals surface area contributed by atoms with Crippen LogP contribution in [-0.2, 0) is 4.74 Å². The lowest BCUT2D eigenvalue weighted by molar-refractivity contribution is 0.0635. The second-order valence-electron chi connectivity index (χ2n) is 3.97. The van der Waals surface area contributed by atoms with E-state index >= 15 is 0 Å². The monoisotopic (exact) mass is 212 g/mol. The molecule has 0 saturated carbocycles. The van der Waals surface area contributed by atoms with Crippen molar-refractivity contribution in [3.8, 4) is 0 Å². The summed E-state index contributed by atoms with van der Waals surface area (Å²) in [5.74, 6) is -0.521. The summed E-state index contributed by atoms with van der Waals surface area (Å²) in [6.07, 6.45) is -0.652. The number of pyridine rings is 1. The van der Waals surface area contributed by atoms with Crippen molar-refractivity contribution >= 4 is 11.9 Å². The maximum Gasteiger partial charge on any atom is 0.413 e. The van der Waals surface area contributed by atoms with Gasteiger partial charge in [0.2, 0.25) is 5.95 Å². The molecule has 1 rings (SSSR count). The van der Waals surface area contributed by atoms with Crippen molar-refractivity contribution in [1.82, 2.24) is 4.98 Å². The zero-order chi connectivity index (χ0) is 11.5. The molecule has 0 aliphatic carbocycles. The Labute approximate surface area is 87.5 Å².